The molecule has 6 nitrogen and oxygen atoms in total. The molecule has 1 aromatic carbocycles. The van der Waals surface area contributed by atoms with Gasteiger partial charge in [0, 0.05) is 23.1 Å². The quantitative estimate of drug-likeness (QED) is 0.812. The van der Waals surface area contributed by atoms with Crippen molar-refractivity contribution in [1.82, 2.24) is 4.90 Å². The lowest BCUT2D eigenvalue weighted by Crippen LogP contribution is -2.31. The molecule has 1 unspecified atom stereocenters. The van der Waals surface area contributed by atoms with Crippen molar-refractivity contribution in [2.24, 2.45) is 0 Å². The minimum absolute atomic E-state index is 0.327. The van der Waals surface area contributed by atoms with Gasteiger partial charge in [-0.2, -0.15) is 0 Å². The van der Waals surface area contributed by atoms with Crippen LogP contribution < -0.4 is 10.2 Å². The third-order valence-corrected chi connectivity index (χ3v) is 3.23. The number of nitrogens with zero attached hydrogens (tertiary/aromatic N) is 1. The number of hydrogen-bond donors (Lipinski definition) is 2. The normalized spacial score (nSPS) is 17.3. The predicted octanol–water partition coefficient (Wildman–Crippen LogP) is 1.06. The summed E-state index contributed by atoms with van der Waals surface area (Å²) in [5.41, 5.74) is 0.803. The first kappa shape index (κ1) is 14.0. The van der Waals surface area contributed by atoms with Gasteiger partial charge in [0.05, 0.1) is 6.61 Å². The van der Waals surface area contributed by atoms with Crippen LogP contribution in [0.15, 0.2) is 12.1 Å². The number of hydrogen-bond acceptors (Lipinski definition) is 4. The average Bonchev–Trinajstić information content (AvgIpc) is 2.71. The molecule has 0 fully saturated rings. The Morgan fingerprint density at radius 1 is 1.63 bits per heavy atom. The molecule has 0 saturated carbocycles. The fraction of sp³-hybridized carbons (Fsp3) is 0.364. The molecule has 1 atom stereocenters. The van der Waals surface area contributed by atoms with Crippen LogP contribution in [0, 0.1) is 0 Å². The fourth-order valence-electron chi connectivity index (χ4n) is 2.02. The minimum Gasteiger partial charge on any atom is -0.494 e. The van der Waals surface area contributed by atoms with Crippen molar-refractivity contribution in [1.29, 1.82) is 0 Å². The second-order valence-corrected chi connectivity index (χ2v) is 4.45. The van der Waals surface area contributed by atoms with E-state index in [1.165, 1.54) is 7.05 Å². The highest BCUT2D eigenvalue weighted by molar-refractivity contribution is 6.63. The molecule has 102 valence electrons. The first-order valence-electron chi connectivity index (χ1n) is 5.71. The van der Waals surface area contributed by atoms with Crippen molar-refractivity contribution >= 4 is 30.3 Å². The van der Waals surface area contributed by atoms with E-state index in [4.69, 9.17) is 26.1 Å². The topological polar surface area (TPSA) is 79.2 Å². The van der Waals surface area contributed by atoms with Crippen molar-refractivity contribution in [2.75, 3.05) is 13.7 Å². The molecule has 1 aromatic rings. The number of fused-ring (bicyclic) bond motifs is 1. The number of ether oxygens (including phenoxy) is 1. The van der Waals surface area contributed by atoms with E-state index in [2.05, 4.69) is 0 Å². The molecule has 2 N–H and O–H groups in total. The van der Waals surface area contributed by atoms with Crippen LogP contribution in [-0.4, -0.2) is 41.9 Å². The summed E-state index contributed by atoms with van der Waals surface area (Å²) >= 11 is 6.08. The number of carbonyl (C=O) groups is 1. The lowest BCUT2D eigenvalue weighted by molar-refractivity contribution is 0.0421. The summed E-state index contributed by atoms with van der Waals surface area (Å²) in [5.74, 6) is 0.440. The van der Waals surface area contributed by atoms with Crippen LogP contribution in [0.3, 0.4) is 0 Å². The number of carboxylic acid groups (broad SMARTS) is 1. The minimum atomic E-state index is -1.26. The van der Waals surface area contributed by atoms with Gasteiger partial charge in [-0.05, 0) is 19.1 Å². The van der Waals surface area contributed by atoms with Crippen LogP contribution in [-0.2, 0) is 4.65 Å². The fourth-order valence-corrected chi connectivity index (χ4v) is 2.28. The Bertz CT molecular complexity index is 512. The molecule has 0 radical (unpaired) electrons. The summed E-state index contributed by atoms with van der Waals surface area (Å²) in [4.78, 5) is 12.0. The van der Waals surface area contributed by atoms with Crippen LogP contribution in [0.1, 0.15) is 18.7 Å². The largest absolute Gasteiger partial charge is 0.497 e. The van der Waals surface area contributed by atoms with E-state index >= 15 is 0 Å². The molecule has 1 aliphatic rings. The monoisotopic (exact) mass is 285 g/mol. The summed E-state index contributed by atoms with van der Waals surface area (Å²) in [6.45, 7) is 2.23. The Kier molecular flexibility index (Phi) is 3.89. The van der Waals surface area contributed by atoms with Gasteiger partial charge >= 0.3 is 13.2 Å². The van der Waals surface area contributed by atoms with E-state index in [0.717, 1.165) is 4.90 Å². The van der Waals surface area contributed by atoms with Crippen molar-refractivity contribution in [2.45, 2.75) is 13.2 Å². The van der Waals surface area contributed by atoms with Crippen molar-refractivity contribution in [3.63, 3.8) is 0 Å². The van der Waals surface area contributed by atoms with Crippen LogP contribution >= 0.6 is 11.6 Å². The van der Waals surface area contributed by atoms with E-state index in [1.54, 1.807) is 12.1 Å². The summed E-state index contributed by atoms with van der Waals surface area (Å²) < 4.78 is 10.7. The second kappa shape index (κ2) is 5.28. The van der Waals surface area contributed by atoms with Gasteiger partial charge in [0.15, 0.2) is 0 Å². The zero-order valence-electron chi connectivity index (χ0n) is 10.5. The van der Waals surface area contributed by atoms with Crippen molar-refractivity contribution < 1.29 is 24.3 Å². The highest BCUT2D eigenvalue weighted by Gasteiger charge is 2.42. The lowest BCUT2D eigenvalue weighted by Gasteiger charge is -2.22. The van der Waals surface area contributed by atoms with E-state index in [1.807, 2.05) is 6.92 Å². The van der Waals surface area contributed by atoms with E-state index < -0.39 is 19.4 Å². The number of benzene rings is 1. The highest BCUT2D eigenvalue weighted by Crippen LogP contribution is 2.35. The molecular weight excluding hydrogens is 272 g/mol. The third kappa shape index (κ3) is 2.36. The molecule has 0 aliphatic carbocycles. The van der Waals surface area contributed by atoms with E-state index in [9.17, 15) is 9.82 Å². The van der Waals surface area contributed by atoms with Crippen molar-refractivity contribution in [3.8, 4) is 5.75 Å². The summed E-state index contributed by atoms with van der Waals surface area (Å²) in [7, 11) is 0.0837. The molecule has 1 amide bonds. The molecular formula is C11H13BClNO5. The second-order valence-electron chi connectivity index (χ2n) is 4.04. The standard InChI is InChI=1S/C11H13BClNO5/c1-3-18-7-5-4-6(13)8-9(7)12(17)19-10(8)14(2)11(15)16/h4-5,10,17H,3H2,1-2H3,(H,15,16). The number of rotatable bonds is 3. The molecule has 8 heteroatoms. The highest BCUT2D eigenvalue weighted by atomic mass is 35.5. The van der Waals surface area contributed by atoms with Gasteiger partial charge in [0.1, 0.15) is 12.0 Å². The summed E-state index contributed by atoms with van der Waals surface area (Å²) in [6.07, 6.45) is -2.13. The molecule has 2 rings (SSSR count). The smallest absolute Gasteiger partial charge is 0.494 e. The molecule has 0 bridgehead atoms. The van der Waals surface area contributed by atoms with Gasteiger partial charge in [0.25, 0.3) is 0 Å². The molecule has 0 spiro atoms. The van der Waals surface area contributed by atoms with Gasteiger partial charge in [-0.3, -0.25) is 4.90 Å². The van der Waals surface area contributed by atoms with Crippen LogP contribution in [0.25, 0.3) is 0 Å². The van der Waals surface area contributed by atoms with Crippen LogP contribution in [0.4, 0.5) is 4.79 Å². The Hall–Kier alpha value is -1.44. The maximum Gasteiger partial charge on any atom is 0.497 e. The Morgan fingerprint density at radius 2 is 2.32 bits per heavy atom. The molecule has 0 saturated heterocycles. The third-order valence-electron chi connectivity index (χ3n) is 2.90. The maximum atomic E-state index is 11.0. The summed E-state index contributed by atoms with van der Waals surface area (Å²) in [5, 5.41) is 19.3. The first-order chi connectivity index (χ1) is 8.97. The number of amides is 1. The van der Waals surface area contributed by atoms with Gasteiger partial charge in [-0.15, -0.1) is 0 Å². The molecule has 1 aliphatic heterocycles. The van der Waals surface area contributed by atoms with Gasteiger partial charge in [-0.1, -0.05) is 11.6 Å². The SMILES string of the molecule is CCOc1ccc(Cl)c2c1B(O)OC2N(C)C(=O)O. The van der Waals surface area contributed by atoms with Crippen LogP contribution in [0.2, 0.25) is 5.02 Å². The zero-order chi connectivity index (χ0) is 14.2. The van der Waals surface area contributed by atoms with Gasteiger partial charge < -0.3 is 19.5 Å². The first-order valence-corrected chi connectivity index (χ1v) is 6.09. The molecule has 0 aromatic heterocycles. The van der Waals surface area contributed by atoms with E-state index in [0.29, 0.717) is 28.4 Å². The predicted molar refractivity (Wildman–Crippen MR) is 69.8 cm³/mol. The maximum absolute atomic E-state index is 11.0. The average molecular weight is 285 g/mol. The van der Waals surface area contributed by atoms with Crippen LogP contribution in [0.5, 0.6) is 5.75 Å². The summed E-state index contributed by atoms with van der Waals surface area (Å²) in [6, 6.07) is 3.22. The molecule has 1 heterocycles. The van der Waals surface area contributed by atoms with Gasteiger partial charge in [0.2, 0.25) is 0 Å². The zero-order valence-corrected chi connectivity index (χ0v) is 11.2. The Balaban J connectivity index is 2.51. The molecule has 19 heavy (non-hydrogen) atoms. The number of halogens is 1. The lowest BCUT2D eigenvalue weighted by atomic mass is 9.78. The van der Waals surface area contributed by atoms with Crippen molar-refractivity contribution in [3.05, 3.63) is 22.7 Å². The Labute approximate surface area is 115 Å². The Morgan fingerprint density at radius 3 is 2.89 bits per heavy atom. The van der Waals surface area contributed by atoms with Gasteiger partial charge in [-0.25, -0.2) is 4.79 Å². The van der Waals surface area contributed by atoms with E-state index in [-0.39, 0.29) is 0 Å².